The fourth-order valence-electron chi connectivity index (χ4n) is 3.07. The van der Waals surface area contributed by atoms with E-state index in [2.05, 4.69) is 47.6 Å². The molecule has 98 valence electrons. The van der Waals surface area contributed by atoms with Crippen molar-refractivity contribution in [2.24, 2.45) is 5.92 Å². The van der Waals surface area contributed by atoms with Crippen molar-refractivity contribution in [3.8, 4) is 0 Å². The molecule has 1 aromatic rings. The van der Waals surface area contributed by atoms with E-state index in [1.165, 1.54) is 44.5 Å². The Morgan fingerprint density at radius 1 is 1.17 bits per heavy atom. The molecule has 0 amide bonds. The Morgan fingerprint density at radius 2 is 1.89 bits per heavy atom. The van der Waals surface area contributed by atoms with Crippen molar-refractivity contribution in [1.82, 2.24) is 10.2 Å². The van der Waals surface area contributed by atoms with E-state index in [1.807, 2.05) is 0 Å². The van der Waals surface area contributed by atoms with Gasteiger partial charge in [0.05, 0.1) is 0 Å². The van der Waals surface area contributed by atoms with Gasteiger partial charge in [-0.3, -0.25) is 0 Å². The highest BCUT2D eigenvalue weighted by Gasteiger charge is 2.38. The van der Waals surface area contributed by atoms with E-state index in [1.54, 1.807) is 0 Å². The Bertz CT molecular complexity index is 368. The van der Waals surface area contributed by atoms with Crippen molar-refractivity contribution in [3.63, 3.8) is 0 Å². The van der Waals surface area contributed by atoms with Crippen LogP contribution in [0.5, 0.6) is 0 Å². The van der Waals surface area contributed by atoms with Gasteiger partial charge in [0, 0.05) is 12.0 Å². The highest BCUT2D eigenvalue weighted by atomic mass is 15.1. The summed E-state index contributed by atoms with van der Waals surface area (Å²) in [5.74, 6) is 1.68. The molecule has 2 heteroatoms. The van der Waals surface area contributed by atoms with Gasteiger partial charge in [0.1, 0.15) is 0 Å². The third kappa shape index (κ3) is 2.93. The highest BCUT2D eigenvalue weighted by Crippen LogP contribution is 2.40. The van der Waals surface area contributed by atoms with E-state index in [4.69, 9.17) is 0 Å². The van der Waals surface area contributed by atoms with Crippen molar-refractivity contribution < 1.29 is 0 Å². The molecule has 2 atom stereocenters. The normalized spacial score (nSPS) is 29.4. The molecule has 1 saturated heterocycles. The van der Waals surface area contributed by atoms with Crippen LogP contribution in [0, 0.1) is 5.92 Å². The van der Waals surface area contributed by atoms with Crippen LogP contribution in [0.3, 0.4) is 0 Å². The number of benzene rings is 1. The quantitative estimate of drug-likeness (QED) is 0.875. The average Bonchev–Trinajstić information content (AvgIpc) is 3.19. The first-order valence-corrected chi connectivity index (χ1v) is 7.30. The molecule has 1 aliphatic heterocycles. The first-order chi connectivity index (χ1) is 8.83. The van der Waals surface area contributed by atoms with Gasteiger partial charge in [0.2, 0.25) is 0 Å². The summed E-state index contributed by atoms with van der Waals surface area (Å²) in [6, 6.07) is 11.7. The van der Waals surface area contributed by atoms with E-state index in [0.717, 1.165) is 17.9 Å². The second-order valence-electron chi connectivity index (χ2n) is 6.01. The van der Waals surface area contributed by atoms with Crippen LogP contribution in [-0.2, 0) is 0 Å². The van der Waals surface area contributed by atoms with E-state index in [-0.39, 0.29) is 0 Å². The SMILES string of the molecule is CN1CCC(CNC2C[C@@H]2c2ccccc2)CC1. The predicted molar refractivity (Wildman–Crippen MR) is 75.8 cm³/mol. The van der Waals surface area contributed by atoms with Gasteiger partial charge in [0.25, 0.3) is 0 Å². The van der Waals surface area contributed by atoms with Gasteiger partial charge in [-0.1, -0.05) is 30.3 Å². The summed E-state index contributed by atoms with van der Waals surface area (Å²) in [5.41, 5.74) is 1.51. The molecular formula is C16H24N2. The Balaban J connectivity index is 1.41. The van der Waals surface area contributed by atoms with Crippen LogP contribution >= 0.6 is 0 Å². The van der Waals surface area contributed by atoms with E-state index in [0.29, 0.717) is 0 Å². The number of likely N-dealkylation sites (tertiary alicyclic amines) is 1. The van der Waals surface area contributed by atoms with Crippen molar-refractivity contribution in [2.45, 2.75) is 31.2 Å². The van der Waals surface area contributed by atoms with Crippen LogP contribution in [-0.4, -0.2) is 37.6 Å². The zero-order valence-electron chi connectivity index (χ0n) is 11.3. The predicted octanol–water partition coefficient (Wildman–Crippen LogP) is 2.47. The Morgan fingerprint density at radius 3 is 2.61 bits per heavy atom. The summed E-state index contributed by atoms with van der Waals surface area (Å²) >= 11 is 0. The smallest absolute Gasteiger partial charge is 0.0143 e. The molecule has 2 fully saturated rings. The van der Waals surface area contributed by atoms with Crippen molar-refractivity contribution in [3.05, 3.63) is 35.9 Å². The van der Waals surface area contributed by atoms with Crippen molar-refractivity contribution >= 4 is 0 Å². The number of hydrogen-bond acceptors (Lipinski definition) is 2. The van der Waals surface area contributed by atoms with Gasteiger partial charge in [-0.05, 0) is 57.4 Å². The fourth-order valence-corrected chi connectivity index (χ4v) is 3.07. The molecule has 18 heavy (non-hydrogen) atoms. The van der Waals surface area contributed by atoms with Crippen LogP contribution in [0.4, 0.5) is 0 Å². The van der Waals surface area contributed by atoms with Crippen molar-refractivity contribution in [1.29, 1.82) is 0 Å². The summed E-state index contributed by atoms with van der Waals surface area (Å²) < 4.78 is 0. The minimum absolute atomic E-state index is 0.743. The summed E-state index contributed by atoms with van der Waals surface area (Å²) in [4.78, 5) is 2.44. The van der Waals surface area contributed by atoms with Crippen LogP contribution < -0.4 is 5.32 Å². The van der Waals surface area contributed by atoms with Crippen LogP contribution in [0.1, 0.15) is 30.7 Å². The zero-order chi connectivity index (χ0) is 12.4. The Labute approximate surface area is 110 Å². The molecule has 1 heterocycles. The maximum atomic E-state index is 3.77. The minimum atomic E-state index is 0.743. The lowest BCUT2D eigenvalue weighted by molar-refractivity contribution is 0.215. The molecule has 1 unspecified atom stereocenters. The minimum Gasteiger partial charge on any atom is -0.313 e. The second-order valence-corrected chi connectivity index (χ2v) is 6.01. The monoisotopic (exact) mass is 244 g/mol. The molecule has 0 radical (unpaired) electrons. The maximum absolute atomic E-state index is 3.77. The molecule has 2 aliphatic rings. The van der Waals surface area contributed by atoms with E-state index >= 15 is 0 Å². The van der Waals surface area contributed by atoms with Crippen LogP contribution in [0.15, 0.2) is 30.3 Å². The molecule has 0 bridgehead atoms. The van der Waals surface area contributed by atoms with E-state index in [9.17, 15) is 0 Å². The van der Waals surface area contributed by atoms with E-state index < -0.39 is 0 Å². The molecule has 1 aromatic carbocycles. The first-order valence-electron chi connectivity index (χ1n) is 7.30. The second kappa shape index (κ2) is 5.41. The van der Waals surface area contributed by atoms with Crippen LogP contribution in [0.25, 0.3) is 0 Å². The Hall–Kier alpha value is -0.860. The topological polar surface area (TPSA) is 15.3 Å². The molecule has 0 spiro atoms. The van der Waals surface area contributed by atoms with Gasteiger partial charge in [-0.15, -0.1) is 0 Å². The Kier molecular flexibility index (Phi) is 3.67. The average molecular weight is 244 g/mol. The molecule has 3 rings (SSSR count). The molecule has 1 aliphatic carbocycles. The van der Waals surface area contributed by atoms with Gasteiger partial charge in [-0.2, -0.15) is 0 Å². The number of nitrogens with one attached hydrogen (secondary N) is 1. The van der Waals surface area contributed by atoms with Gasteiger partial charge < -0.3 is 10.2 Å². The lowest BCUT2D eigenvalue weighted by Crippen LogP contribution is -2.35. The highest BCUT2D eigenvalue weighted by molar-refractivity contribution is 5.27. The third-order valence-corrected chi connectivity index (χ3v) is 4.53. The van der Waals surface area contributed by atoms with Crippen molar-refractivity contribution in [2.75, 3.05) is 26.7 Å². The number of nitrogens with zero attached hydrogens (tertiary/aromatic N) is 1. The third-order valence-electron chi connectivity index (χ3n) is 4.53. The summed E-state index contributed by atoms with van der Waals surface area (Å²) in [6.45, 7) is 3.78. The molecule has 1 saturated carbocycles. The molecule has 0 aromatic heterocycles. The molecule has 2 nitrogen and oxygen atoms in total. The summed E-state index contributed by atoms with van der Waals surface area (Å²) in [5, 5.41) is 3.77. The standard InChI is InChI=1S/C16H24N2/c1-18-9-7-13(8-10-18)12-17-16-11-15(16)14-5-3-2-4-6-14/h2-6,13,15-17H,7-12H2,1H3/t15-,16?/m1/s1. The number of piperidine rings is 1. The summed E-state index contributed by atoms with van der Waals surface area (Å²) in [6.07, 6.45) is 4.06. The largest absolute Gasteiger partial charge is 0.313 e. The first kappa shape index (κ1) is 12.2. The van der Waals surface area contributed by atoms with Gasteiger partial charge >= 0.3 is 0 Å². The van der Waals surface area contributed by atoms with Gasteiger partial charge in [0.15, 0.2) is 0 Å². The lowest BCUT2D eigenvalue weighted by atomic mass is 9.97. The van der Waals surface area contributed by atoms with Gasteiger partial charge in [-0.25, -0.2) is 0 Å². The lowest BCUT2D eigenvalue weighted by Gasteiger charge is -2.29. The zero-order valence-corrected chi connectivity index (χ0v) is 11.3. The molecule has 1 N–H and O–H groups in total. The maximum Gasteiger partial charge on any atom is 0.0143 e. The number of hydrogen-bond donors (Lipinski definition) is 1. The summed E-state index contributed by atoms with van der Waals surface area (Å²) in [7, 11) is 2.23. The number of rotatable bonds is 4. The van der Waals surface area contributed by atoms with Crippen LogP contribution in [0.2, 0.25) is 0 Å². The fraction of sp³-hybridized carbons (Fsp3) is 0.625. The molecular weight excluding hydrogens is 220 g/mol.